The standard InChI is InChI=1S/C7H19NOSi/c1-7(2,6-8-3)10(4,5)9/h8-9H,6H2,1-5H3. The summed E-state index contributed by atoms with van der Waals surface area (Å²) in [7, 11) is -0.0498. The fraction of sp³-hybridized carbons (Fsp3) is 1.00. The average Bonchev–Trinajstić information content (AvgIpc) is 1.61. The molecule has 2 N–H and O–H groups in total. The third-order valence-corrected chi connectivity index (χ3v) is 5.76. The van der Waals surface area contributed by atoms with Crippen molar-refractivity contribution in [1.82, 2.24) is 5.32 Å². The molecule has 0 aliphatic heterocycles. The highest BCUT2D eigenvalue weighted by Crippen LogP contribution is 2.33. The van der Waals surface area contributed by atoms with Gasteiger partial charge < -0.3 is 10.1 Å². The molecule has 0 unspecified atom stereocenters. The maximum Gasteiger partial charge on any atom is 0.189 e. The summed E-state index contributed by atoms with van der Waals surface area (Å²) in [6.07, 6.45) is 0. The molecule has 0 aromatic heterocycles. The van der Waals surface area contributed by atoms with Crippen LogP contribution < -0.4 is 5.32 Å². The Labute approximate surface area is 64.8 Å². The molecule has 0 aromatic carbocycles. The van der Waals surface area contributed by atoms with Gasteiger partial charge in [0, 0.05) is 0 Å². The van der Waals surface area contributed by atoms with Gasteiger partial charge in [-0.2, -0.15) is 0 Å². The first-order chi connectivity index (χ1) is 4.31. The van der Waals surface area contributed by atoms with Gasteiger partial charge in [0.2, 0.25) is 0 Å². The highest BCUT2D eigenvalue weighted by Gasteiger charge is 2.37. The topological polar surface area (TPSA) is 32.3 Å². The maximum atomic E-state index is 9.78. The molecule has 0 atom stereocenters. The molecule has 3 heteroatoms. The van der Waals surface area contributed by atoms with Crippen molar-refractivity contribution in [1.29, 1.82) is 0 Å². The quantitative estimate of drug-likeness (QED) is 0.609. The lowest BCUT2D eigenvalue weighted by atomic mass is 10.2. The molecular weight excluding hydrogens is 142 g/mol. The second kappa shape index (κ2) is 3.03. The summed E-state index contributed by atoms with van der Waals surface area (Å²) in [5.74, 6) is 0. The van der Waals surface area contributed by atoms with Crippen LogP contribution in [-0.2, 0) is 0 Å². The Kier molecular flexibility index (Phi) is 3.07. The van der Waals surface area contributed by atoms with E-state index in [1.807, 2.05) is 20.1 Å². The molecule has 0 aliphatic rings. The van der Waals surface area contributed by atoms with Crippen LogP contribution >= 0.6 is 0 Å². The van der Waals surface area contributed by atoms with Gasteiger partial charge in [-0.25, -0.2) is 0 Å². The Morgan fingerprint density at radius 3 is 1.90 bits per heavy atom. The van der Waals surface area contributed by atoms with Gasteiger partial charge in [-0.1, -0.05) is 13.8 Å². The number of nitrogens with one attached hydrogen (secondary N) is 1. The summed E-state index contributed by atoms with van der Waals surface area (Å²) >= 11 is 0. The number of hydrogen-bond acceptors (Lipinski definition) is 2. The third-order valence-electron chi connectivity index (χ3n) is 2.27. The molecule has 0 rings (SSSR count). The van der Waals surface area contributed by atoms with Crippen molar-refractivity contribution in [3.8, 4) is 0 Å². The molecule has 10 heavy (non-hydrogen) atoms. The molecule has 0 fully saturated rings. The summed E-state index contributed by atoms with van der Waals surface area (Å²) in [6, 6.07) is 0. The lowest BCUT2D eigenvalue weighted by Gasteiger charge is -2.34. The van der Waals surface area contributed by atoms with Crippen LogP contribution in [0.5, 0.6) is 0 Å². The zero-order valence-electron chi connectivity index (χ0n) is 7.65. The molecule has 0 amide bonds. The molecule has 0 aromatic rings. The summed E-state index contributed by atoms with van der Waals surface area (Å²) < 4.78 is 0. The Balaban J connectivity index is 4.10. The van der Waals surface area contributed by atoms with Crippen molar-refractivity contribution in [2.75, 3.05) is 13.6 Å². The molecule has 2 nitrogen and oxygen atoms in total. The van der Waals surface area contributed by atoms with Crippen molar-refractivity contribution in [3.05, 3.63) is 0 Å². The predicted molar refractivity (Wildman–Crippen MR) is 47.7 cm³/mol. The van der Waals surface area contributed by atoms with Crippen molar-refractivity contribution in [2.45, 2.75) is 32.0 Å². The molecule has 0 heterocycles. The van der Waals surface area contributed by atoms with E-state index in [4.69, 9.17) is 0 Å². The minimum absolute atomic E-state index is 0.0712. The average molecular weight is 161 g/mol. The molecule has 0 saturated heterocycles. The lowest BCUT2D eigenvalue weighted by Crippen LogP contribution is -2.44. The Morgan fingerprint density at radius 1 is 1.40 bits per heavy atom. The maximum absolute atomic E-state index is 9.78. The van der Waals surface area contributed by atoms with E-state index >= 15 is 0 Å². The zero-order valence-corrected chi connectivity index (χ0v) is 8.65. The van der Waals surface area contributed by atoms with Crippen LogP contribution in [0.15, 0.2) is 0 Å². The first kappa shape index (κ1) is 10.1. The highest BCUT2D eigenvalue weighted by molar-refractivity contribution is 6.72. The molecule has 0 radical (unpaired) electrons. The Morgan fingerprint density at radius 2 is 1.80 bits per heavy atom. The van der Waals surface area contributed by atoms with Crippen molar-refractivity contribution in [2.24, 2.45) is 0 Å². The molecule has 0 spiro atoms. The van der Waals surface area contributed by atoms with Crippen LogP contribution in [0.4, 0.5) is 0 Å². The molecule has 62 valence electrons. The van der Waals surface area contributed by atoms with Gasteiger partial charge in [0.15, 0.2) is 8.32 Å². The van der Waals surface area contributed by atoms with Crippen LogP contribution in [0.3, 0.4) is 0 Å². The van der Waals surface area contributed by atoms with Crippen LogP contribution in [0.25, 0.3) is 0 Å². The third kappa shape index (κ3) is 2.40. The summed E-state index contributed by atoms with van der Waals surface area (Å²) in [5, 5.41) is 3.16. The zero-order chi connectivity index (χ0) is 8.41. The molecule has 0 saturated carbocycles. The van der Waals surface area contributed by atoms with E-state index in [1.165, 1.54) is 0 Å². The van der Waals surface area contributed by atoms with Gasteiger partial charge in [-0.3, -0.25) is 0 Å². The fourth-order valence-electron chi connectivity index (χ4n) is 0.658. The van der Waals surface area contributed by atoms with E-state index in [0.29, 0.717) is 0 Å². The summed E-state index contributed by atoms with van der Waals surface area (Å²) in [5.41, 5.74) is 0. The highest BCUT2D eigenvalue weighted by atomic mass is 28.4. The minimum atomic E-state index is -1.97. The second-order valence-corrected chi connectivity index (χ2v) is 8.44. The number of hydrogen-bond donors (Lipinski definition) is 2. The summed E-state index contributed by atoms with van der Waals surface area (Å²) in [6.45, 7) is 9.06. The van der Waals surface area contributed by atoms with E-state index in [0.717, 1.165) is 6.54 Å². The smallest absolute Gasteiger partial charge is 0.189 e. The second-order valence-electron chi connectivity index (χ2n) is 3.97. The van der Waals surface area contributed by atoms with Crippen molar-refractivity contribution in [3.63, 3.8) is 0 Å². The van der Waals surface area contributed by atoms with Crippen LogP contribution in [-0.4, -0.2) is 26.7 Å². The van der Waals surface area contributed by atoms with E-state index < -0.39 is 8.32 Å². The first-order valence-electron chi connectivity index (χ1n) is 3.68. The molecular formula is C7H19NOSi. The number of rotatable bonds is 3. The van der Waals surface area contributed by atoms with Crippen molar-refractivity contribution < 1.29 is 4.80 Å². The van der Waals surface area contributed by atoms with Gasteiger partial charge >= 0.3 is 0 Å². The van der Waals surface area contributed by atoms with E-state index in [-0.39, 0.29) is 5.04 Å². The van der Waals surface area contributed by atoms with Gasteiger partial charge in [0.1, 0.15) is 0 Å². The van der Waals surface area contributed by atoms with Gasteiger partial charge in [-0.15, -0.1) is 0 Å². The monoisotopic (exact) mass is 161 g/mol. The van der Waals surface area contributed by atoms with Gasteiger partial charge in [0.05, 0.1) is 0 Å². The van der Waals surface area contributed by atoms with E-state index in [9.17, 15) is 4.80 Å². The molecule has 0 bridgehead atoms. The van der Waals surface area contributed by atoms with Crippen LogP contribution in [0, 0.1) is 0 Å². The lowest BCUT2D eigenvalue weighted by molar-refractivity contribution is 0.458. The summed E-state index contributed by atoms with van der Waals surface area (Å²) in [4.78, 5) is 9.78. The van der Waals surface area contributed by atoms with Crippen molar-refractivity contribution >= 4 is 8.32 Å². The van der Waals surface area contributed by atoms with Crippen LogP contribution in [0.1, 0.15) is 13.8 Å². The molecule has 0 aliphatic carbocycles. The normalized spacial score (nSPS) is 13.8. The van der Waals surface area contributed by atoms with Gasteiger partial charge in [0.25, 0.3) is 0 Å². The Bertz CT molecular complexity index is 107. The van der Waals surface area contributed by atoms with E-state index in [1.54, 1.807) is 0 Å². The predicted octanol–water partition coefficient (Wildman–Crippen LogP) is 1.18. The fourth-order valence-corrected chi connectivity index (χ4v) is 1.27. The Hall–Kier alpha value is 0.137. The largest absolute Gasteiger partial charge is 0.432 e. The van der Waals surface area contributed by atoms with Gasteiger partial charge in [-0.05, 0) is 31.7 Å². The SMILES string of the molecule is CNCC(C)(C)[Si](C)(C)O. The first-order valence-corrected chi connectivity index (χ1v) is 6.63. The minimum Gasteiger partial charge on any atom is -0.432 e. The van der Waals surface area contributed by atoms with Crippen LogP contribution in [0.2, 0.25) is 18.1 Å². The van der Waals surface area contributed by atoms with E-state index in [2.05, 4.69) is 19.2 Å².